The molecule has 0 bridgehead atoms. The molecule has 2 aromatic rings. The molecule has 0 spiro atoms. The quantitative estimate of drug-likeness (QED) is 0.866. The molecule has 1 saturated carbocycles. The first kappa shape index (κ1) is 19.0. The van der Waals surface area contributed by atoms with Gasteiger partial charge >= 0.3 is 0 Å². The number of anilines is 2. The average Bonchev–Trinajstić information content (AvgIpc) is 2.69. The second-order valence-electron chi connectivity index (χ2n) is 6.89. The Bertz CT molecular complexity index is 818. The summed E-state index contributed by atoms with van der Waals surface area (Å²) in [5.74, 6) is -2.13. The highest BCUT2D eigenvalue weighted by Gasteiger charge is 2.31. The summed E-state index contributed by atoms with van der Waals surface area (Å²) in [6, 6.07) is 12.5. The summed E-state index contributed by atoms with van der Waals surface area (Å²) >= 11 is 0. The molecule has 0 aromatic heterocycles. The minimum atomic E-state index is -0.795. The van der Waals surface area contributed by atoms with E-state index in [1.165, 1.54) is 6.07 Å². The maximum atomic E-state index is 13.7. The molecular weight excluding hydrogens is 350 g/mol. The number of para-hydroxylation sites is 1. The van der Waals surface area contributed by atoms with Gasteiger partial charge in [-0.15, -0.1) is 0 Å². The van der Waals surface area contributed by atoms with E-state index in [4.69, 9.17) is 0 Å². The molecule has 0 unspecified atom stereocenters. The van der Waals surface area contributed by atoms with Gasteiger partial charge in [-0.05, 0) is 49.9 Å². The Hall–Kier alpha value is -2.76. The van der Waals surface area contributed by atoms with E-state index in [1.54, 1.807) is 11.9 Å². The van der Waals surface area contributed by atoms with Crippen molar-refractivity contribution in [3.8, 4) is 0 Å². The number of nitrogens with zero attached hydrogens (tertiary/aromatic N) is 1. The first-order valence-electron chi connectivity index (χ1n) is 9.04. The zero-order chi connectivity index (χ0) is 19.4. The van der Waals surface area contributed by atoms with Gasteiger partial charge in [0.25, 0.3) is 0 Å². The molecule has 0 atom stereocenters. The molecule has 0 aliphatic heterocycles. The smallest absolute Gasteiger partial charge is 0.229 e. The van der Waals surface area contributed by atoms with Crippen LogP contribution < -0.4 is 10.2 Å². The van der Waals surface area contributed by atoms with Crippen LogP contribution in [-0.4, -0.2) is 18.9 Å². The molecule has 1 aliphatic carbocycles. The van der Waals surface area contributed by atoms with Gasteiger partial charge in [-0.25, -0.2) is 8.78 Å². The van der Waals surface area contributed by atoms with Gasteiger partial charge in [0.2, 0.25) is 11.8 Å². The molecule has 0 radical (unpaired) electrons. The van der Waals surface area contributed by atoms with Crippen LogP contribution in [0.2, 0.25) is 0 Å². The Balaban J connectivity index is 1.55. The Morgan fingerprint density at radius 2 is 1.59 bits per heavy atom. The SMILES string of the molecule is CN(C(=O)C1CCC(C(=O)Nc2ccc(F)cc2F)CC1)c1ccccc1. The van der Waals surface area contributed by atoms with Crippen LogP contribution in [0.15, 0.2) is 48.5 Å². The zero-order valence-corrected chi connectivity index (χ0v) is 15.1. The summed E-state index contributed by atoms with van der Waals surface area (Å²) in [6.07, 6.45) is 2.35. The summed E-state index contributed by atoms with van der Waals surface area (Å²) in [5, 5.41) is 2.52. The number of benzene rings is 2. The van der Waals surface area contributed by atoms with E-state index in [9.17, 15) is 18.4 Å². The van der Waals surface area contributed by atoms with Crippen LogP contribution in [0.25, 0.3) is 0 Å². The van der Waals surface area contributed by atoms with Crippen LogP contribution >= 0.6 is 0 Å². The number of nitrogens with one attached hydrogen (secondary N) is 1. The van der Waals surface area contributed by atoms with Crippen molar-refractivity contribution in [1.82, 2.24) is 0 Å². The highest BCUT2D eigenvalue weighted by Crippen LogP contribution is 2.32. The van der Waals surface area contributed by atoms with Crippen molar-refractivity contribution in [3.63, 3.8) is 0 Å². The number of carbonyl (C=O) groups is 2. The van der Waals surface area contributed by atoms with Crippen LogP contribution in [0.5, 0.6) is 0 Å². The predicted molar refractivity (Wildman–Crippen MR) is 100 cm³/mol. The van der Waals surface area contributed by atoms with Gasteiger partial charge in [0.1, 0.15) is 11.6 Å². The van der Waals surface area contributed by atoms with Crippen LogP contribution in [-0.2, 0) is 9.59 Å². The van der Waals surface area contributed by atoms with E-state index >= 15 is 0 Å². The van der Waals surface area contributed by atoms with Gasteiger partial charge in [0.05, 0.1) is 5.69 Å². The van der Waals surface area contributed by atoms with Crippen LogP contribution in [0.3, 0.4) is 0 Å². The number of hydrogen-bond acceptors (Lipinski definition) is 2. The molecule has 142 valence electrons. The molecule has 1 aliphatic rings. The maximum Gasteiger partial charge on any atom is 0.229 e. The van der Waals surface area contributed by atoms with Gasteiger partial charge in [0.15, 0.2) is 0 Å². The molecule has 0 heterocycles. The van der Waals surface area contributed by atoms with Gasteiger partial charge in [-0.1, -0.05) is 18.2 Å². The van der Waals surface area contributed by atoms with Gasteiger partial charge in [-0.2, -0.15) is 0 Å². The Morgan fingerprint density at radius 3 is 2.22 bits per heavy atom. The number of amides is 2. The molecule has 1 N–H and O–H groups in total. The number of rotatable bonds is 4. The van der Waals surface area contributed by atoms with Gasteiger partial charge in [-0.3, -0.25) is 9.59 Å². The molecule has 6 heteroatoms. The van der Waals surface area contributed by atoms with Crippen molar-refractivity contribution in [2.45, 2.75) is 25.7 Å². The van der Waals surface area contributed by atoms with E-state index < -0.39 is 11.6 Å². The summed E-state index contributed by atoms with van der Waals surface area (Å²) < 4.78 is 26.6. The van der Waals surface area contributed by atoms with Crippen LogP contribution in [0, 0.1) is 23.5 Å². The lowest BCUT2D eigenvalue weighted by molar-refractivity contribution is -0.126. The number of hydrogen-bond donors (Lipinski definition) is 1. The largest absolute Gasteiger partial charge is 0.323 e. The Kier molecular flexibility index (Phi) is 5.84. The fourth-order valence-corrected chi connectivity index (χ4v) is 3.48. The third-order valence-corrected chi connectivity index (χ3v) is 5.11. The summed E-state index contributed by atoms with van der Waals surface area (Å²) in [6.45, 7) is 0. The second kappa shape index (κ2) is 8.29. The summed E-state index contributed by atoms with van der Waals surface area (Å²) in [4.78, 5) is 26.7. The van der Waals surface area contributed by atoms with Crippen molar-refractivity contribution < 1.29 is 18.4 Å². The van der Waals surface area contributed by atoms with Crippen molar-refractivity contribution in [2.75, 3.05) is 17.3 Å². The average molecular weight is 372 g/mol. The molecule has 3 rings (SSSR count). The molecular formula is C21H22F2N2O2. The van der Waals surface area contributed by atoms with E-state index in [2.05, 4.69) is 5.32 Å². The van der Waals surface area contributed by atoms with E-state index in [0.29, 0.717) is 25.7 Å². The fraction of sp³-hybridized carbons (Fsp3) is 0.333. The Morgan fingerprint density at radius 1 is 0.963 bits per heavy atom. The van der Waals surface area contributed by atoms with Gasteiger partial charge < -0.3 is 10.2 Å². The zero-order valence-electron chi connectivity index (χ0n) is 15.1. The van der Waals surface area contributed by atoms with Crippen molar-refractivity contribution in [2.24, 2.45) is 11.8 Å². The highest BCUT2D eigenvalue weighted by atomic mass is 19.1. The first-order chi connectivity index (χ1) is 13.0. The number of carbonyl (C=O) groups excluding carboxylic acids is 2. The summed E-state index contributed by atoms with van der Waals surface area (Å²) in [7, 11) is 1.76. The normalized spacial score (nSPS) is 19.4. The van der Waals surface area contributed by atoms with Crippen molar-refractivity contribution in [3.05, 3.63) is 60.2 Å². The third-order valence-electron chi connectivity index (χ3n) is 5.11. The van der Waals surface area contributed by atoms with Crippen LogP contribution in [0.1, 0.15) is 25.7 Å². The minimum Gasteiger partial charge on any atom is -0.323 e. The van der Waals surface area contributed by atoms with Crippen LogP contribution in [0.4, 0.5) is 20.2 Å². The van der Waals surface area contributed by atoms with Crippen molar-refractivity contribution in [1.29, 1.82) is 0 Å². The predicted octanol–water partition coefficient (Wildman–Crippen LogP) is 4.37. The first-order valence-corrected chi connectivity index (χ1v) is 9.04. The standard InChI is InChI=1S/C21H22F2N2O2/c1-25(17-5-3-2-4-6-17)21(27)15-9-7-14(8-10-15)20(26)24-19-12-11-16(22)13-18(19)23/h2-6,11-15H,7-10H2,1H3,(H,24,26). The van der Waals surface area contributed by atoms with Crippen molar-refractivity contribution >= 4 is 23.2 Å². The molecule has 2 aromatic carbocycles. The van der Waals surface area contributed by atoms with Gasteiger partial charge in [0, 0.05) is 30.6 Å². The maximum absolute atomic E-state index is 13.7. The lowest BCUT2D eigenvalue weighted by Gasteiger charge is -2.30. The molecule has 4 nitrogen and oxygen atoms in total. The lowest BCUT2D eigenvalue weighted by Crippen LogP contribution is -2.36. The second-order valence-corrected chi connectivity index (χ2v) is 6.89. The van der Waals surface area contributed by atoms with E-state index in [0.717, 1.165) is 17.8 Å². The third kappa shape index (κ3) is 4.51. The van der Waals surface area contributed by atoms with E-state index in [-0.39, 0.29) is 29.3 Å². The minimum absolute atomic E-state index is 0.0246. The fourth-order valence-electron chi connectivity index (χ4n) is 3.48. The summed E-state index contributed by atoms with van der Waals surface area (Å²) in [5.41, 5.74) is 0.817. The molecule has 0 saturated heterocycles. The highest BCUT2D eigenvalue weighted by molar-refractivity contribution is 5.95. The molecule has 27 heavy (non-hydrogen) atoms. The molecule has 2 amide bonds. The van der Waals surface area contributed by atoms with E-state index in [1.807, 2.05) is 30.3 Å². The topological polar surface area (TPSA) is 49.4 Å². The Labute approximate surface area is 157 Å². The number of halogens is 2. The lowest BCUT2D eigenvalue weighted by atomic mass is 9.81. The monoisotopic (exact) mass is 372 g/mol. The molecule has 1 fully saturated rings.